The van der Waals surface area contributed by atoms with Gasteiger partial charge in [0, 0.05) is 11.8 Å². The van der Waals surface area contributed by atoms with E-state index in [1.54, 1.807) is 6.92 Å². The maximum Gasteiger partial charge on any atom is 0.250 e. The van der Waals surface area contributed by atoms with Gasteiger partial charge in [0.15, 0.2) is 11.6 Å². The first-order valence-electron chi connectivity index (χ1n) is 6.95. The van der Waals surface area contributed by atoms with Crippen LogP contribution in [0.3, 0.4) is 0 Å². The molecule has 3 atom stereocenters. The molecule has 0 bridgehead atoms. The van der Waals surface area contributed by atoms with Crippen molar-refractivity contribution in [1.29, 1.82) is 0 Å². The van der Waals surface area contributed by atoms with E-state index in [1.807, 2.05) is 13.8 Å². The number of rotatable bonds is 3. The normalized spacial score (nSPS) is 24.0. The van der Waals surface area contributed by atoms with Gasteiger partial charge in [0.05, 0.1) is 0 Å². The molecular formula is C15H18F2N2O2. The van der Waals surface area contributed by atoms with Crippen molar-refractivity contribution in [3.05, 3.63) is 29.8 Å². The highest BCUT2D eigenvalue weighted by Gasteiger charge is 2.41. The van der Waals surface area contributed by atoms with E-state index >= 15 is 0 Å². The molecule has 1 aliphatic rings. The molecule has 1 saturated heterocycles. The van der Waals surface area contributed by atoms with Crippen LogP contribution in [0.5, 0.6) is 0 Å². The van der Waals surface area contributed by atoms with Crippen LogP contribution < -0.4 is 10.2 Å². The Balaban J connectivity index is 2.40. The van der Waals surface area contributed by atoms with Crippen molar-refractivity contribution in [3.63, 3.8) is 0 Å². The third kappa shape index (κ3) is 2.75. The number of carbonyl (C=O) groups is 2. The fourth-order valence-electron chi connectivity index (χ4n) is 2.40. The molecule has 0 spiro atoms. The minimum absolute atomic E-state index is 0.0401. The molecule has 114 valence electrons. The van der Waals surface area contributed by atoms with Crippen LogP contribution in [0.2, 0.25) is 0 Å². The second-order valence-corrected chi connectivity index (χ2v) is 5.35. The molecule has 6 heteroatoms. The third-order valence-corrected chi connectivity index (χ3v) is 3.96. The van der Waals surface area contributed by atoms with Gasteiger partial charge in [0.25, 0.3) is 5.91 Å². The molecule has 0 saturated carbocycles. The summed E-state index contributed by atoms with van der Waals surface area (Å²) in [7, 11) is 0. The topological polar surface area (TPSA) is 49.4 Å². The number of amides is 2. The first kappa shape index (κ1) is 15.4. The van der Waals surface area contributed by atoms with E-state index in [-0.39, 0.29) is 23.4 Å². The van der Waals surface area contributed by atoms with Crippen molar-refractivity contribution in [3.8, 4) is 0 Å². The fourth-order valence-corrected chi connectivity index (χ4v) is 2.40. The second-order valence-electron chi connectivity index (χ2n) is 5.35. The van der Waals surface area contributed by atoms with Gasteiger partial charge in [-0.15, -0.1) is 0 Å². The zero-order valence-corrected chi connectivity index (χ0v) is 12.2. The summed E-state index contributed by atoms with van der Waals surface area (Å²) in [6.07, 6.45) is 0.719. The molecule has 1 heterocycles. The molecule has 21 heavy (non-hydrogen) atoms. The first-order chi connectivity index (χ1) is 9.86. The zero-order valence-electron chi connectivity index (χ0n) is 12.2. The van der Waals surface area contributed by atoms with Gasteiger partial charge in [0.2, 0.25) is 5.91 Å². The second kappa shape index (κ2) is 5.79. The van der Waals surface area contributed by atoms with Crippen LogP contribution in [0.4, 0.5) is 14.5 Å². The Labute approximate surface area is 122 Å². The lowest BCUT2D eigenvalue weighted by Gasteiger charge is -2.39. The quantitative estimate of drug-likeness (QED) is 0.930. The number of anilines is 1. The third-order valence-electron chi connectivity index (χ3n) is 3.96. The van der Waals surface area contributed by atoms with Gasteiger partial charge in [-0.05, 0) is 25.0 Å². The van der Waals surface area contributed by atoms with Crippen LogP contribution in [-0.4, -0.2) is 23.9 Å². The lowest BCUT2D eigenvalue weighted by atomic mass is 9.94. The molecular weight excluding hydrogens is 278 g/mol. The lowest BCUT2D eigenvalue weighted by Crippen LogP contribution is -2.64. The molecule has 2 amide bonds. The zero-order chi connectivity index (χ0) is 15.7. The van der Waals surface area contributed by atoms with Crippen molar-refractivity contribution in [1.82, 2.24) is 5.32 Å². The molecule has 3 unspecified atom stereocenters. The van der Waals surface area contributed by atoms with Crippen molar-refractivity contribution >= 4 is 17.5 Å². The summed E-state index contributed by atoms with van der Waals surface area (Å²) in [5, 5.41) is 2.69. The molecule has 0 aromatic heterocycles. The Bertz CT molecular complexity index is 577. The highest BCUT2D eigenvalue weighted by Crippen LogP contribution is 2.25. The van der Waals surface area contributed by atoms with Gasteiger partial charge < -0.3 is 5.32 Å². The van der Waals surface area contributed by atoms with Gasteiger partial charge in [-0.25, -0.2) is 8.78 Å². The van der Waals surface area contributed by atoms with E-state index in [2.05, 4.69) is 5.32 Å². The van der Waals surface area contributed by atoms with Crippen molar-refractivity contribution in [2.75, 3.05) is 4.90 Å². The highest BCUT2D eigenvalue weighted by atomic mass is 19.2. The van der Waals surface area contributed by atoms with Gasteiger partial charge >= 0.3 is 0 Å². The van der Waals surface area contributed by atoms with Crippen LogP contribution >= 0.6 is 0 Å². The van der Waals surface area contributed by atoms with E-state index in [0.29, 0.717) is 0 Å². The summed E-state index contributed by atoms with van der Waals surface area (Å²) in [5.74, 6) is -2.67. The number of benzene rings is 1. The summed E-state index contributed by atoms with van der Waals surface area (Å²) < 4.78 is 26.4. The van der Waals surface area contributed by atoms with Crippen LogP contribution in [0, 0.1) is 17.6 Å². The Kier molecular flexibility index (Phi) is 4.25. The number of carbonyl (C=O) groups excluding carboxylic acids is 2. The monoisotopic (exact) mass is 296 g/mol. The largest absolute Gasteiger partial charge is 0.342 e. The van der Waals surface area contributed by atoms with E-state index in [9.17, 15) is 18.4 Å². The Morgan fingerprint density at radius 1 is 1.29 bits per heavy atom. The summed E-state index contributed by atoms with van der Waals surface area (Å²) in [4.78, 5) is 25.8. The molecule has 1 aliphatic heterocycles. The van der Waals surface area contributed by atoms with Crippen molar-refractivity contribution in [2.45, 2.75) is 39.3 Å². The standard InChI is InChI=1S/C15H18F2N2O2/c1-4-8(2)13-15(21)19(9(3)14(20)18-13)10-5-6-11(16)12(17)7-10/h5-9,13H,4H2,1-3H3,(H,18,20). The Hall–Kier alpha value is -1.98. The van der Waals surface area contributed by atoms with Gasteiger partial charge in [0.1, 0.15) is 12.1 Å². The minimum atomic E-state index is -1.04. The fraction of sp³-hybridized carbons (Fsp3) is 0.467. The number of nitrogens with one attached hydrogen (secondary N) is 1. The molecule has 1 N–H and O–H groups in total. The van der Waals surface area contributed by atoms with E-state index in [0.717, 1.165) is 18.6 Å². The number of nitrogens with zero attached hydrogens (tertiary/aromatic N) is 1. The van der Waals surface area contributed by atoms with Gasteiger partial charge in [-0.3, -0.25) is 14.5 Å². The van der Waals surface area contributed by atoms with Crippen LogP contribution in [0.25, 0.3) is 0 Å². The minimum Gasteiger partial charge on any atom is -0.342 e. The molecule has 0 aliphatic carbocycles. The van der Waals surface area contributed by atoms with E-state index in [1.165, 1.54) is 11.0 Å². The summed E-state index contributed by atoms with van der Waals surface area (Å²) in [6, 6.07) is 1.79. The van der Waals surface area contributed by atoms with Crippen LogP contribution in [-0.2, 0) is 9.59 Å². The van der Waals surface area contributed by atoms with E-state index < -0.39 is 23.7 Å². The summed E-state index contributed by atoms with van der Waals surface area (Å²) in [5.41, 5.74) is 0.189. The van der Waals surface area contributed by atoms with E-state index in [4.69, 9.17) is 0 Å². The average Bonchev–Trinajstić information content (AvgIpc) is 2.46. The number of hydrogen-bond donors (Lipinski definition) is 1. The summed E-state index contributed by atoms with van der Waals surface area (Å²) >= 11 is 0. The maximum atomic E-state index is 13.4. The van der Waals surface area contributed by atoms with Gasteiger partial charge in [-0.2, -0.15) is 0 Å². The molecule has 1 aromatic carbocycles. The van der Waals surface area contributed by atoms with Crippen molar-refractivity contribution in [2.24, 2.45) is 5.92 Å². The number of hydrogen-bond acceptors (Lipinski definition) is 2. The predicted molar refractivity (Wildman–Crippen MR) is 74.7 cm³/mol. The first-order valence-corrected chi connectivity index (χ1v) is 6.95. The highest BCUT2D eigenvalue weighted by molar-refractivity contribution is 6.08. The Morgan fingerprint density at radius 2 is 1.95 bits per heavy atom. The molecule has 2 rings (SSSR count). The average molecular weight is 296 g/mol. The smallest absolute Gasteiger partial charge is 0.250 e. The lowest BCUT2D eigenvalue weighted by molar-refractivity contribution is -0.134. The van der Waals surface area contributed by atoms with Crippen LogP contribution in [0.1, 0.15) is 27.2 Å². The molecule has 1 fully saturated rings. The molecule has 1 aromatic rings. The van der Waals surface area contributed by atoms with Gasteiger partial charge in [-0.1, -0.05) is 20.3 Å². The number of halogens is 2. The predicted octanol–water partition coefficient (Wildman–Crippen LogP) is 2.23. The molecule has 0 radical (unpaired) electrons. The molecule has 4 nitrogen and oxygen atoms in total. The van der Waals surface area contributed by atoms with Crippen LogP contribution in [0.15, 0.2) is 18.2 Å². The number of piperazine rings is 1. The van der Waals surface area contributed by atoms with Crippen molar-refractivity contribution < 1.29 is 18.4 Å². The SMILES string of the molecule is CCC(C)C1NC(=O)C(C)N(c2ccc(F)c(F)c2)C1=O. The Morgan fingerprint density at radius 3 is 2.52 bits per heavy atom. The maximum absolute atomic E-state index is 13.4. The summed E-state index contributed by atoms with van der Waals surface area (Å²) in [6.45, 7) is 5.34.